The molecule has 0 aliphatic rings. The van der Waals surface area contributed by atoms with Crippen molar-refractivity contribution in [3.05, 3.63) is 71.8 Å². The first-order chi connectivity index (χ1) is 17.9. The first-order valence-corrected chi connectivity index (χ1v) is 13.8. The standard InChI is InChI=1S/C26H35NO9P/c27-37(30,35-21-9-19-33-25(28)31-17-7-15-23-11-3-1-4-12-23)36-22-10-20-34-26(29)32-18-8-16-24-13-5-2-6-14-24/h1-6,11-14,27H,7-10,15-22H2. The third-order valence-corrected chi connectivity index (χ3v) is 5.93. The van der Waals surface area contributed by atoms with E-state index in [2.05, 4.69) is 0 Å². The molecule has 0 aliphatic carbocycles. The number of carbonyl (C=O) groups is 2. The van der Waals surface area contributed by atoms with Gasteiger partial charge in [-0.1, -0.05) is 60.7 Å². The van der Waals surface area contributed by atoms with Gasteiger partial charge in [0.25, 0.3) is 0 Å². The lowest BCUT2D eigenvalue weighted by Gasteiger charge is -2.13. The van der Waals surface area contributed by atoms with Crippen LogP contribution in [-0.2, 0) is 45.4 Å². The highest BCUT2D eigenvalue weighted by atomic mass is 31.2. The molecule has 0 bridgehead atoms. The van der Waals surface area contributed by atoms with Crippen molar-refractivity contribution in [2.45, 2.75) is 38.5 Å². The number of ether oxygens (including phenoxy) is 4. The van der Waals surface area contributed by atoms with E-state index in [0.717, 1.165) is 12.8 Å². The Balaban J connectivity index is 1.39. The van der Waals surface area contributed by atoms with Crippen LogP contribution in [0.2, 0.25) is 0 Å². The topological polar surface area (TPSA) is 130 Å². The number of benzene rings is 2. The fourth-order valence-electron chi connectivity index (χ4n) is 3.07. The Morgan fingerprint density at radius 3 is 1.30 bits per heavy atom. The van der Waals surface area contributed by atoms with Crippen LogP contribution in [0, 0.1) is 0 Å². The van der Waals surface area contributed by atoms with Gasteiger partial charge in [0.1, 0.15) is 0 Å². The van der Waals surface area contributed by atoms with Crippen molar-refractivity contribution in [2.75, 3.05) is 39.6 Å². The molecule has 0 aliphatic heterocycles. The Kier molecular flexibility index (Phi) is 15.0. The van der Waals surface area contributed by atoms with Gasteiger partial charge < -0.3 is 18.9 Å². The van der Waals surface area contributed by atoms with Crippen LogP contribution in [0.15, 0.2) is 60.7 Å². The number of hydrogen-bond acceptors (Lipinski definition) is 9. The molecule has 1 radical (unpaired) electrons. The van der Waals surface area contributed by atoms with E-state index < -0.39 is 20.1 Å². The molecule has 11 heteroatoms. The van der Waals surface area contributed by atoms with Gasteiger partial charge in [-0.25, -0.2) is 14.2 Å². The fourth-order valence-corrected chi connectivity index (χ4v) is 3.89. The van der Waals surface area contributed by atoms with E-state index in [1.807, 2.05) is 60.7 Å². The van der Waals surface area contributed by atoms with Crippen LogP contribution in [0.4, 0.5) is 9.59 Å². The first kappa shape index (κ1) is 30.3. The number of hydrogen-bond donors (Lipinski definition) is 0. The molecule has 2 aromatic rings. The van der Waals surface area contributed by atoms with Crippen molar-refractivity contribution < 1.29 is 42.1 Å². The summed E-state index contributed by atoms with van der Waals surface area (Å²) in [4.78, 5) is 23.1. The van der Waals surface area contributed by atoms with E-state index >= 15 is 0 Å². The van der Waals surface area contributed by atoms with E-state index in [1.54, 1.807) is 0 Å². The number of carbonyl (C=O) groups excluding carboxylic acids is 2. The fraction of sp³-hybridized carbons (Fsp3) is 0.462. The SMILES string of the molecule is [NH]P(=O)(OCCCOC(=O)OCCCc1ccccc1)OCCCOC(=O)OCCCc1ccccc1. The molecular formula is C26H35NO9P. The van der Waals surface area contributed by atoms with Gasteiger partial charge in [0.15, 0.2) is 0 Å². The molecule has 37 heavy (non-hydrogen) atoms. The van der Waals surface area contributed by atoms with E-state index in [0.29, 0.717) is 12.8 Å². The summed E-state index contributed by atoms with van der Waals surface area (Å²) < 4.78 is 41.6. The molecular weight excluding hydrogens is 501 g/mol. The summed E-state index contributed by atoms with van der Waals surface area (Å²) in [5.41, 5.74) is 9.91. The van der Waals surface area contributed by atoms with Gasteiger partial charge in [-0.3, -0.25) is 9.05 Å². The van der Waals surface area contributed by atoms with Crippen LogP contribution in [-0.4, -0.2) is 52.0 Å². The summed E-state index contributed by atoms with van der Waals surface area (Å²) in [6.45, 7) is 0.310. The molecule has 1 N–H and O–H groups in total. The Labute approximate surface area is 217 Å². The summed E-state index contributed by atoms with van der Waals surface area (Å²) in [6.07, 6.45) is 1.85. The highest BCUT2D eigenvalue weighted by molar-refractivity contribution is 7.50. The molecule has 0 unspecified atom stereocenters. The first-order valence-electron chi connectivity index (χ1n) is 12.3. The second-order valence-electron chi connectivity index (χ2n) is 7.94. The number of nitrogens with one attached hydrogen (secondary N) is 1. The predicted octanol–water partition coefficient (Wildman–Crippen LogP) is 5.76. The molecule has 10 nitrogen and oxygen atoms in total. The molecule has 2 rings (SSSR count). The maximum absolute atomic E-state index is 11.9. The smallest absolute Gasteiger partial charge is 0.434 e. The molecule has 0 atom stereocenters. The minimum atomic E-state index is -4.02. The van der Waals surface area contributed by atoms with Crippen LogP contribution in [0.1, 0.15) is 36.8 Å². The van der Waals surface area contributed by atoms with Crippen LogP contribution >= 0.6 is 7.75 Å². The quantitative estimate of drug-likeness (QED) is 0.132. The van der Waals surface area contributed by atoms with Crippen molar-refractivity contribution in [1.29, 1.82) is 0 Å². The third-order valence-electron chi connectivity index (χ3n) is 4.88. The van der Waals surface area contributed by atoms with E-state index in [4.69, 9.17) is 33.5 Å². The molecule has 0 heterocycles. The Hall–Kier alpha value is -2.91. The van der Waals surface area contributed by atoms with Crippen molar-refractivity contribution in [3.63, 3.8) is 0 Å². The maximum Gasteiger partial charge on any atom is 0.508 e. The zero-order valence-corrected chi connectivity index (χ0v) is 21.8. The van der Waals surface area contributed by atoms with Gasteiger partial charge in [0.2, 0.25) is 0 Å². The zero-order valence-electron chi connectivity index (χ0n) is 20.9. The van der Waals surface area contributed by atoms with E-state index in [1.165, 1.54) is 11.1 Å². The lowest BCUT2D eigenvalue weighted by molar-refractivity contribution is 0.0500. The highest BCUT2D eigenvalue weighted by Gasteiger charge is 2.19. The van der Waals surface area contributed by atoms with Crippen LogP contribution in [0.25, 0.3) is 0 Å². The van der Waals surface area contributed by atoms with Crippen molar-refractivity contribution in [1.82, 2.24) is 5.50 Å². The van der Waals surface area contributed by atoms with Gasteiger partial charge in [0, 0.05) is 12.8 Å². The summed E-state index contributed by atoms with van der Waals surface area (Å²) in [6, 6.07) is 19.7. The van der Waals surface area contributed by atoms with Crippen molar-refractivity contribution >= 4 is 20.1 Å². The molecule has 203 valence electrons. The second-order valence-corrected chi connectivity index (χ2v) is 9.45. The summed E-state index contributed by atoms with van der Waals surface area (Å²) in [5.74, 6) is 0. The predicted molar refractivity (Wildman–Crippen MR) is 136 cm³/mol. The number of aryl methyl sites for hydroxylation is 2. The van der Waals surface area contributed by atoms with Crippen molar-refractivity contribution in [3.8, 4) is 0 Å². The van der Waals surface area contributed by atoms with Gasteiger partial charge in [-0.05, 0) is 36.8 Å². The second kappa shape index (κ2) is 18.4. The summed E-state index contributed by atoms with van der Waals surface area (Å²) >= 11 is 0. The molecule has 0 fully saturated rings. The lowest BCUT2D eigenvalue weighted by Crippen LogP contribution is -2.12. The molecule has 2 aromatic carbocycles. The minimum absolute atomic E-state index is 0.00117. The summed E-state index contributed by atoms with van der Waals surface area (Å²) in [5, 5.41) is 0. The Morgan fingerprint density at radius 2 is 0.919 bits per heavy atom. The monoisotopic (exact) mass is 536 g/mol. The van der Waals surface area contributed by atoms with Gasteiger partial charge in [-0.15, -0.1) is 5.50 Å². The Bertz CT molecular complexity index is 870. The average Bonchev–Trinajstić information content (AvgIpc) is 2.90. The van der Waals surface area contributed by atoms with Crippen LogP contribution in [0.5, 0.6) is 0 Å². The highest BCUT2D eigenvalue weighted by Crippen LogP contribution is 2.41. The maximum atomic E-state index is 11.9. The average molecular weight is 537 g/mol. The lowest BCUT2D eigenvalue weighted by atomic mass is 10.1. The zero-order chi connectivity index (χ0) is 26.6. The molecule has 0 aromatic heterocycles. The largest absolute Gasteiger partial charge is 0.508 e. The van der Waals surface area contributed by atoms with Crippen molar-refractivity contribution in [2.24, 2.45) is 0 Å². The molecule has 0 saturated heterocycles. The molecule has 0 amide bonds. The van der Waals surface area contributed by atoms with E-state index in [-0.39, 0.29) is 52.5 Å². The van der Waals surface area contributed by atoms with E-state index in [9.17, 15) is 14.2 Å². The number of rotatable bonds is 18. The normalized spacial score (nSPS) is 11.1. The van der Waals surface area contributed by atoms with Crippen LogP contribution in [0.3, 0.4) is 0 Å². The molecule has 0 saturated carbocycles. The summed E-state index contributed by atoms with van der Waals surface area (Å²) in [7, 11) is -4.02. The van der Waals surface area contributed by atoms with Gasteiger partial charge >= 0.3 is 20.1 Å². The molecule has 0 spiro atoms. The third kappa shape index (κ3) is 15.7. The Morgan fingerprint density at radius 1 is 0.568 bits per heavy atom. The van der Waals surface area contributed by atoms with Gasteiger partial charge in [0.05, 0.1) is 39.6 Å². The van der Waals surface area contributed by atoms with Gasteiger partial charge in [-0.2, -0.15) is 0 Å². The minimum Gasteiger partial charge on any atom is -0.434 e. The van der Waals surface area contributed by atoms with Crippen LogP contribution < -0.4 is 5.50 Å².